The van der Waals surface area contributed by atoms with Gasteiger partial charge in [-0.05, 0) is 37.7 Å². The van der Waals surface area contributed by atoms with Crippen molar-refractivity contribution in [1.29, 1.82) is 0 Å². The summed E-state index contributed by atoms with van der Waals surface area (Å²) in [6.45, 7) is 0.515. The predicted octanol–water partition coefficient (Wildman–Crippen LogP) is 3.19. The van der Waals surface area contributed by atoms with E-state index in [-0.39, 0.29) is 11.9 Å². The molecule has 0 saturated heterocycles. The van der Waals surface area contributed by atoms with E-state index in [1.54, 1.807) is 24.5 Å². The maximum Gasteiger partial charge on any atom is 0.244 e. The van der Waals surface area contributed by atoms with Crippen LogP contribution in [0, 0.1) is 0 Å². The van der Waals surface area contributed by atoms with Gasteiger partial charge in [0.05, 0.1) is 13.2 Å². The number of likely N-dealkylation sites (N-methyl/N-ethyl adjacent to an activating group) is 1. The maximum absolute atomic E-state index is 12.0. The van der Waals surface area contributed by atoms with Crippen molar-refractivity contribution >= 4 is 23.3 Å². The summed E-state index contributed by atoms with van der Waals surface area (Å²) in [5, 5.41) is 4.95. The minimum Gasteiger partial charge on any atom is -0.496 e. The minimum absolute atomic E-state index is 0.0465. The van der Waals surface area contributed by atoms with Gasteiger partial charge in [-0.2, -0.15) is 0 Å². The fourth-order valence-electron chi connectivity index (χ4n) is 2.31. The lowest BCUT2D eigenvalue weighted by atomic mass is 10.0. The summed E-state index contributed by atoms with van der Waals surface area (Å²) in [6, 6.07) is 11.9. The Morgan fingerprint density at radius 2 is 2.09 bits per heavy atom. The van der Waals surface area contributed by atoms with Crippen LogP contribution in [0.15, 0.2) is 47.9 Å². The zero-order valence-electron chi connectivity index (χ0n) is 13.7. The highest BCUT2D eigenvalue weighted by molar-refractivity contribution is 7.10. The van der Waals surface area contributed by atoms with Gasteiger partial charge in [-0.3, -0.25) is 4.79 Å². The zero-order chi connectivity index (χ0) is 16.7. The first-order chi connectivity index (χ1) is 11.1. The van der Waals surface area contributed by atoms with E-state index < -0.39 is 0 Å². The Hall–Kier alpha value is -2.11. The van der Waals surface area contributed by atoms with E-state index >= 15 is 0 Å². The van der Waals surface area contributed by atoms with Crippen molar-refractivity contribution in [3.05, 3.63) is 58.3 Å². The first-order valence-electron chi connectivity index (χ1n) is 7.40. The third kappa shape index (κ3) is 4.94. The molecule has 0 bridgehead atoms. The maximum atomic E-state index is 12.0. The van der Waals surface area contributed by atoms with Crippen molar-refractivity contribution in [2.75, 3.05) is 27.7 Å². The molecule has 1 aromatic heterocycles. The zero-order valence-corrected chi connectivity index (χ0v) is 14.5. The minimum atomic E-state index is -0.0971. The molecule has 1 atom stereocenters. The molecule has 2 rings (SSSR count). The number of ether oxygens (including phenoxy) is 1. The van der Waals surface area contributed by atoms with Crippen LogP contribution in [0.25, 0.3) is 6.08 Å². The summed E-state index contributed by atoms with van der Waals surface area (Å²) >= 11 is 1.60. The molecule has 1 amide bonds. The third-order valence-electron chi connectivity index (χ3n) is 3.53. The first kappa shape index (κ1) is 17.2. The highest BCUT2D eigenvalue weighted by Gasteiger charge is 2.18. The molecular weight excluding hydrogens is 308 g/mol. The molecule has 0 aliphatic rings. The lowest BCUT2D eigenvalue weighted by Crippen LogP contribution is -2.33. The average molecular weight is 330 g/mol. The number of rotatable bonds is 7. The van der Waals surface area contributed by atoms with Crippen LogP contribution in [0.5, 0.6) is 5.75 Å². The lowest BCUT2D eigenvalue weighted by Gasteiger charge is -2.26. The van der Waals surface area contributed by atoms with Crippen LogP contribution in [-0.4, -0.2) is 38.6 Å². The largest absolute Gasteiger partial charge is 0.496 e. The van der Waals surface area contributed by atoms with Gasteiger partial charge in [0.25, 0.3) is 0 Å². The number of carbonyl (C=O) groups is 1. The Labute approximate surface area is 141 Å². The molecule has 1 unspecified atom stereocenters. The van der Waals surface area contributed by atoms with Crippen molar-refractivity contribution in [3.63, 3.8) is 0 Å². The quantitative estimate of drug-likeness (QED) is 0.793. The molecule has 4 nitrogen and oxygen atoms in total. The summed E-state index contributed by atoms with van der Waals surface area (Å²) in [7, 11) is 5.64. The normalized spacial score (nSPS) is 12.5. The fraction of sp³-hybridized carbons (Fsp3) is 0.278. The number of methoxy groups -OCH3 is 1. The second kappa shape index (κ2) is 8.50. The van der Waals surface area contributed by atoms with Crippen molar-refractivity contribution in [1.82, 2.24) is 10.2 Å². The SMILES string of the molecule is COc1ccccc1C(CNC(=O)/C=C/c1cccs1)N(C)C. The van der Waals surface area contributed by atoms with E-state index in [0.29, 0.717) is 6.54 Å². The molecule has 2 aromatic rings. The summed E-state index contributed by atoms with van der Waals surface area (Å²) in [5.41, 5.74) is 1.06. The number of amides is 1. The molecule has 0 spiro atoms. The fourth-order valence-corrected chi connectivity index (χ4v) is 2.93. The summed E-state index contributed by atoms with van der Waals surface area (Å²) in [4.78, 5) is 15.1. The van der Waals surface area contributed by atoms with Gasteiger partial charge in [0.2, 0.25) is 5.91 Å². The van der Waals surface area contributed by atoms with Gasteiger partial charge in [-0.25, -0.2) is 0 Å². The van der Waals surface area contributed by atoms with Gasteiger partial charge >= 0.3 is 0 Å². The third-order valence-corrected chi connectivity index (χ3v) is 4.37. The van der Waals surface area contributed by atoms with Gasteiger partial charge in [-0.15, -0.1) is 11.3 Å². The monoisotopic (exact) mass is 330 g/mol. The van der Waals surface area contributed by atoms with Crippen molar-refractivity contribution in [2.24, 2.45) is 0 Å². The topological polar surface area (TPSA) is 41.6 Å². The second-order valence-corrected chi connectivity index (χ2v) is 6.29. The molecule has 0 aliphatic heterocycles. The van der Waals surface area contributed by atoms with Crippen LogP contribution in [0.4, 0.5) is 0 Å². The van der Waals surface area contributed by atoms with Crippen LogP contribution in [0.1, 0.15) is 16.5 Å². The standard InChI is InChI=1S/C18H22N2O2S/c1-20(2)16(15-8-4-5-9-17(15)22-3)13-19-18(21)11-10-14-7-6-12-23-14/h4-12,16H,13H2,1-3H3,(H,19,21)/b11-10+. The van der Waals surface area contributed by atoms with E-state index in [4.69, 9.17) is 4.74 Å². The second-order valence-electron chi connectivity index (χ2n) is 5.32. The molecule has 0 radical (unpaired) electrons. The highest BCUT2D eigenvalue weighted by atomic mass is 32.1. The van der Waals surface area contributed by atoms with Crippen LogP contribution < -0.4 is 10.1 Å². The number of thiophene rings is 1. The van der Waals surface area contributed by atoms with Gasteiger partial charge in [-0.1, -0.05) is 24.3 Å². The van der Waals surface area contributed by atoms with Gasteiger partial charge in [0.15, 0.2) is 0 Å². The van der Waals surface area contributed by atoms with Crippen molar-refractivity contribution in [3.8, 4) is 5.75 Å². The molecule has 1 N–H and O–H groups in total. The number of para-hydroxylation sites is 1. The molecule has 0 saturated carbocycles. The average Bonchev–Trinajstić information content (AvgIpc) is 3.06. The number of nitrogens with zero attached hydrogens (tertiary/aromatic N) is 1. The number of benzene rings is 1. The van der Waals surface area contributed by atoms with Gasteiger partial charge in [0.1, 0.15) is 5.75 Å². The Balaban J connectivity index is 2.01. The molecule has 0 aliphatic carbocycles. The van der Waals surface area contributed by atoms with E-state index in [9.17, 15) is 4.79 Å². The van der Waals surface area contributed by atoms with E-state index in [0.717, 1.165) is 16.2 Å². The van der Waals surface area contributed by atoms with Crippen molar-refractivity contribution < 1.29 is 9.53 Å². The van der Waals surface area contributed by atoms with E-state index in [2.05, 4.69) is 10.2 Å². The first-order valence-corrected chi connectivity index (χ1v) is 8.28. The predicted molar refractivity (Wildman–Crippen MR) is 95.8 cm³/mol. The van der Waals surface area contributed by atoms with Crippen molar-refractivity contribution in [2.45, 2.75) is 6.04 Å². The van der Waals surface area contributed by atoms with Gasteiger partial charge in [0, 0.05) is 23.1 Å². The number of hydrogen-bond donors (Lipinski definition) is 1. The van der Waals surface area contributed by atoms with E-state index in [1.165, 1.54) is 0 Å². The Bertz CT molecular complexity index is 651. The smallest absolute Gasteiger partial charge is 0.244 e. The number of carbonyl (C=O) groups excluding carboxylic acids is 1. The van der Waals surface area contributed by atoms with Crippen LogP contribution in [0.2, 0.25) is 0 Å². The molecule has 1 heterocycles. The highest BCUT2D eigenvalue weighted by Crippen LogP contribution is 2.27. The number of nitrogens with one attached hydrogen (secondary N) is 1. The Morgan fingerprint density at radius 3 is 2.74 bits per heavy atom. The Kier molecular flexibility index (Phi) is 6.38. The van der Waals surface area contributed by atoms with Crippen LogP contribution in [-0.2, 0) is 4.79 Å². The molecule has 5 heteroatoms. The van der Waals surface area contributed by atoms with Gasteiger partial charge < -0.3 is 15.0 Å². The van der Waals surface area contributed by atoms with Crippen LogP contribution in [0.3, 0.4) is 0 Å². The summed E-state index contributed by atoms with van der Waals surface area (Å²) in [6.07, 6.45) is 3.40. The molecular formula is C18H22N2O2S. The molecule has 0 fully saturated rings. The van der Waals surface area contributed by atoms with E-state index in [1.807, 2.05) is 61.9 Å². The Morgan fingerprint density at radius 1 is 1.30 bits per heavy atom. The summed E-state index contributed by atoms with van der Waals surface area (Å²) < 4.78 is 5.43. The molecule has 23 heavy (non-hydrogen) atoms. The van der Waals surface area contributed by atoms with Crippen LogP contribution >= 0.6 is 11.3 Å². The lowest BCUT2D eigenvalue weighted by molar-refractivity contribution is -0.116. The molecule has 122 valence electrons. The number of hydrogen-bond acceptors (Lipinski definition) is 4. The summed E-state index contributed by atoms with van der Waals surface area (Å²) in [5.74, 6) is 0.731. The molecule has 1 aromatic carbocycles.